The van der Waals surface area contributed by atoms with Gasteiger partial charge in [-0.2, -0.15) is 0 Å². The van der Waals surface area contributed by atoms with Crippen molar-refractivity contribution in [1.82, 2.24) is 0 Å². The molecule has 0 heterocycles. The van der Waals surface area contributed by atoms with Gasteiger partial charge in [-0.1, -0.05) is 0 Å². The first kappa shape index (κ1) is 24.9. The minimum Gasteiger partial charge on any atom is -0.854 e. The van der Waals surface area contributed by atoms with Gasteiger partial charge in [-0.25, -0.2) is 0 Å². The molecule has 0 saturated heterocycles. The van der Waals surface area contributed by atoms with Gasteiger partial charge in [0.2, 0.25) is 0 Å². The molecule has 4 nitrogen and oxygen atoms in total. The molecular weight excluding hydrogens is 205 g/mol. The van der Waals surface area contributed by atoms with Gasteiger partial charge < -0.3 is 20.4 Å². The minimum atomic E-state index is -1.54. The van der Waals surface area contributed by atoms with Crippen LogP contribution in [0.25, 0.3) is 0 Å². The maximum absolute atomic E-state index is 10.2. The van der Waals surface area contributed by atoms with E-state index >= 15 is 0 Å². The van der Waals surface area contributed by atoms with Gasteiger partial charge in [0.05, 0.1) is 0 Å². The summed E-state index contributed by atoms with van der Waals surface area (Å²) in [5, 5.41) is 39.3. The molecule has 0 unspecified atom stereocenters. The van der Waals surface area contributed by atoms with E-state index in [4.69, 9.17) is 5.11 Å². The molecule has 0 amide bonds. The van der Waals surface area contributed by atoms with Crippen molar-refractivity contribution in [1.29, 1.82) is 0 Å². The Bertz CT molecular complexity index is 87.9. The molecule has 62 valence electrons. The summed E-state index contributed by atoms with van der Waals surface area (Å²) in [4.78, 5) is 0. The zero-order valence-electron chi connectivity index (χ0n) is 8.71. The molecule has 0 atom stereocenters. The van der Waals surface area contributed by atoms with Crippen LogP contribution in [0.4, 0.5) is 0 Å². The van der Waals surface area contributed by atoms with E-state index < -0.39 is 25.4 Å². The zero-order chi connectivity index (χ0) is 8.04. The summed E-state index contributed by atoms with van der Waals surface area (Å²) in [5.41, 5.74) is -1.54. The molecule has 0 radical (unpaired) electrons. The minimum absolute atomic E-state index is 0. The van der Waals surface area contributed by atoms with Crippen LogP contribution in [0, 0.1) is 0 Å². The molecule has 1 N–H and O–H groups in total. The maximum Gasteiger partial charge on any atom is 1.00 e. The zero-order valence-corrected chi connectivity index (χ0v) is 14.7. The van der Waals surface area contributed by atoms with E-state index in [1.807, 2.05) is 0 Å². The predicted molar refractivity (Wildman–Crippen MR) is 28.8 cm³/mol. The Morgan fingerprint density at radius 2 is 1.15 bits per heavy atom. The third kappa shape index (κ3) is 12.8. The van der Waals surface area contributed by atoms with Crippen molar-refractivity contribution in [2.45, 2.75) is 18.4 Å². The van der Waals surface area contributed by atoms with Crippen LogP contribution in [0.3, 0.4) is 0 Å². The van der Waals surface area contributed by atoms with Crippen LogP contribution < -0.4 is 104 Å². The summed E-state index contributed by atoms with van der Waals surface area (Å²) < 4.78 is 0. The van der Waals surface area contributed by atoms with Gasteiger partial charge >= 0.3 is 88.7 Å². The molecule has 0 bridgehead atoms. The van der Waals surface area contributed by atoms with Gasteiger partial charge in [0, 0.05) is 5.60 Å². The summed E-state index contributed by atoms with van der Waals surface area (Å²) in [7, 11) is 0. The number of aliphatic hydroxyl groups is 1. The molecule has 0 aliphatic heterocycles. The Morgan fingerprint density at radius 3 is 1.31 bits per heavy atom. The second-order valence-corrected chi connectivity index (χ2v) is 2.28. The molecule has 7 heteroatoms. The van der Waals surface area contributed by atoms with Gasteiger partial charge in [0.1, 0.15) is 0 Å². The summed E-state index contributed by atoms with van der Waals surface area (Å²) in [6.45, 7) is -1.76. The average Bonchev–Trinajstić information content (AvgIpc) is 1.89. The van der Waals surface area contributed by atoms with Crippen molar-refractivity contribution in [3.8, 4) is 0 Å². The van der Waals surface area contributed by atoms with Crippen molar-refractivity contribution in [3.63, 3.8) is 0 Å². The molecule has 0 saturated carbocycles. The number of rotatable bonds is 5. The van der Waals surface area contributed by atoms with Crippen molar-refractivity contribution >= 4 is 0 Å². The normalized spacial score (nSPS) is 9.23. The van der Waals surface area contributed by atoms with E-state index in [9.17, 15) is 15.3 Å². The van der Waals surface area contributed by atoms with E-state index in [0.717, 1.165) is 0 Å². The molecule has 0 rings (SSSR count). The first-order chi connectivity index (χ1) is 4.68. The predicted octanol–water partition coefficient (Wildman–Crippen LogP) is -12.4. The van der Waals surface area contributed by atoms with Gasteiger partial charge in [-0.05, 0) is 12.8 Å². The molecule has 13 heavy (non-hydrogen) atoms. The molecular formula is C6H11Na3O4. The average molecular weight is 216 g/mol. The van der Waals surface area contributed by atoms with Crippen LogP contribution in [-0.2, 0) is 0 Å². The van der Waals surface area contributed by atoms with Gasteiger partial charge in [0.25, 0.3) is 0 Å². The maximum atomic E-state index is 10.2. The topological polar surface area (TPSA) is 89.4 Å². The largest absolute Gasteiger partial charge is 1.00 e. The Kier molecular flexibility index (Phi) is 28.4. The van der Waals surface area contributed by atoms with Gasteiger partial charge in [-0.3, -0.25) is 0 Å². The Balaban J connectivity index is -0.000000135. The van der Waals surface area contributed by atoms with E-state index in [1.165, 1.54) is 0 Å². The fraction of sp³-hybridized carbons (Fsp3) is 1.00. The van der Waals surface area contributed by atoms with Crippen LogP contribution in [0.5, 0.6) is 0 Å². The van der Waals surface area contributed by atoms with Crippen molar-refractivity contribution in [3.05, 3.63) is 0 Å². The Morgan fingerprint density at radius 1 is 0.846 bits per heavy atom. The standard InChI is InChI=1S/C6H11O4.3Na/c7-3-1-6(10,5-9)2-4-8;;;/h10H,1-5H2;;;/q-3;3*+1. The van der Waals surface area contributed by atoms with Gasteiger partial charge in [0.15, 0.2) is 0 Å². The van der Waals surface area contributed by atoms with E-state index in [-0.39, 0.29) is 102 Å². The van der Waals surface area contributed by atoms with Crippen molar-refractivity contribution < 1.29 is 109 Å². The third-order valence-electron chi connectivity index (χ3n) is 1.40. The summed E-state index contributed by atoms with van der Waals surface area (Å²) in [5.74, 6) is 0. The summed E-state index contributed by atoms with van der Waals surface area (Å²) >= 11 is 0. The number of hydrogen-bond acceptors (Lipinski definition) is 4. The Labute approximate surface area is 145 Å². The van der Waals surface area contributed by atoms with E-state index in [1.54, 1.807) is 0 Å². The van der Waals surface area contributed by atoms with Gasteiger partial charge in [-0.15, -0.1) is 19.8 Å². The van der Waals surface area contributed by atoms with E-state index in [0.29, 0.717) is 0 Å². The van der Waals surface area contributed by atoms with Crippen LogP contribution in [0.1, 0.15) is 12.8 Å². The monoisotopic (exact) mass is 216 g/mol. The molecule has 0 aliphatic rings. The summed E-state index contributed by atoms with van der Waals surface area (Å²) in [6.07, 6.45) is -0.225. The second kappa shape index (κ2) is 14.8. The smallest absolute Gasteiger partial charge is 0.854 e. The molecule has 0 spiro atoms. The fourth-order valence-electron chi connectivity index (χ4n) is 0.649. The quantitative estimate of drug-likeness (QED) is 0.462. The Hall–Kier alpha value is 2.84. The van der Waals surface area contributed by atoms with Crippen molar-refractivity contribution in [2.24, 2.45) is 0 Å². The first-order valence-electron chi connectivity index (χ1n) is 3.15. The molecule has 0 aromatic heterocycles. The fourth-order valence-corrected chi connectivity index (χ4v) is 0.649. The first-order valence-corrected chi connectivity index (χ1v) is 3.15. The second-order valence-electron chi connectivity index (χ2n) is 2.28. The van der Waals surface area contributed by atoms with Crippen molar-refractivity contribution in [2.75, 3.05) is 19.8 Å². The molecule has 0 aliphatic carbocycles. The van der Waals surface area contributed by atoms with Crippen LogP contribution in [0.15, 0.2) is 0 Å². The third-order valence-corrected chi connectivity index (χ3v) is 1.40. The van der Waals surface area contributed by atoms with E-state index in [2.05, 4.69) is 0 Å². The number of hydrogen-bond donors (Lipinski definition) is 1. The SMILES string of the molecule is [Na+].[Na+].[Na+].[O-]CCC(O)(C[O-])CC[O-]. The summed E-state index contributed by atoms with van der Waals surface area (Å²) in [6, 6.07) is 0. The van der Waals surface area contributed by atoms with Crippen LogP contribution in [-0.4, -0.2) is 30.5 Å². The van der Waals surface area contributed by atoms with Crippen LogP contribution in [0.2, 0.25) is 0 Å². The molecule has 0 aromatic carbocycles. The molecule has 0 fully saturated rings. The van der Waals surface area contributed by atoms with Crippen LogP contribution >= 0.6 is 0 Å². The molecule has 0 aromatic rings.